The number of nitrogens with one attached hydrogen (secondary N) is 2. The Kier molecular flexibility index (Phi) is 3.67. The number of rotatable bonds is 3. The Labute approximate surface area is 119 Å². The molecule has 0 atom stereocenters. The molecule has 2 aromatic heterocycles. The second-order valence-electron chi connectivity index (χ2n) is 5.31. The lowest BCUT2D eigenvalue weighted by molar-refractivity contribution is 0.1000. The van der Waals surface area contributed by atoms with Crippen LogP contribution in [0.25, 0.3) is 0 Å². The van der Waals surface area contributed by atoms with Crippen molar-refractivity contribution in [2.75, 3.05) is 5.32 Å². The first-order chi connectivity index (χ1) is 9.27. The summed E-state index contributed by atoms with van der Waals surface area (Å²) in [6.45, 7) is 7.32. The molecule has 1 amide bonds. The van der Waals surface area contributed by atoms with Gasteiger partial charge in [0.15, 0.2) is 10.9 Å². The normalized spacial score (nSPS) is 11.4. The standard InChI is InChI=1S/C12H15N5O2S/c1-6(18)7-5-20-11(13-7)15-9(19)8-14-10(17-16-8)12(2,3)4/h5H,1-4H3,(H,13,15,19)(H,14,16,17). The molecular formula is C12H15N5O2S. The largest absolute Gasteiger partial charge is 0.297 e. The summed E-state index contributed by atoms with van der Waals surface area (Å²) in [5, 5.41) is 11.1. The van der Waals surface area contributed by atoms with E-state index in [0.29, 0.717) is 16.6 Å². The number of thiazole rings is 1. The summed E-state index contributed by atoms with van der Waals surface area (Å²) in [6.07, 6.45) is 0. The summed E-state index contributed by atoms with van der Waals surface area (Å²) in [4.78, 5) is 31.2. The molecule has 20 heavy (non-hydrogen) atoms. The van der Waals surface area contributed by atoms with Gasteiger partial charge in [0.25, 0.3) is 5.91 Å². The van der Waals surface area contributed by atoms with E-state index in [1.807, 2.05) is 20.8 Å². The maximum atomic E-state index is 12.0. The molecule has 0 aromatic carbocycles. The summed E-state index contributed by atoms with van der Waals surface area (Å²) in [6, 6.07) is 0. The monoisotopic (exact) mass is 293 g/mol. The zero-order valence-electron chi connectivity index (χ0n) is 11.6. The van der Waals surface area contributed by atoms with Gasteiger partial charge in [0.1, 0.15) is 11.5 Å². The number of amides is 1. The maximum absolute atomic E-state index is 12.0. The lowest BCUT2D eigenvalue weighted by Gasteiger charge is -2.12. The number of anilines is 1. The van der Waals surface area contributed by atoms with Gasteiger partial charge in [0.05, 0.1) is 0 Å². The predicted molar refractivity (Wildman–Crippen MR) is 75.2 cm³/mol. The molecule has 0 saturated carbocycles. The van der Waals surface area contributed by atoms with Gasteiger partial charge >= 0.3 is 0 Å². The van der Waals surface area contributed by atoms with Gasteiger partial charge in [-0.3, -0.25) is 20.0 Å². The number of hydrogen-bond acceptors (Lipinski definition) is 6. The number of ketones is 1. The van der Waals surface area contributed by atoms with Crippen molar-refractivity contribution in [1.29, 1.82) is 0 Å². The highest BCUT2D eigenvalue weighted by molar-refractivity contribution is 7.14. The number of nitrogens with zero attached hydrogens (tertiary/aromatic N) is 3. The third-order valence-corrected chi connectivity index (χ3v) is 3.24. The minimum absolute atomic E-state index is 0.0505. The van der Waals surface area contributed by atoms with E-state index in [1.54, 1.807) is 5.38 Å². The predicted octanol–water partition coefficient (Wildman–Crippen LogP) is 2.01. The van der Waals surface area contributed by atoms with Crippen LogP contribution in [-0.2, 0) is 5.41 Å². The fraction of sp³-hybridized carbons (Fsp3) is 0.417. The molecule has 0 bridgehead atoms. The van der Waals surface area contributed by atoms with Gasteiger partial charge in [0, 0.05) is 17.7 Å². The van der Waals surface area contributed by atoms with E-state index >= 15 is 0 Å². The molecule has 0 aliphatic carbocycles. The minimum Gasteiger partial charge on any atom is -0.295 e. The van der Waals surface area contributed by atoms with E-state index in [4.69, 9.17) is 0 Å². The van der Waals surface area contributed by atoms with Crippen molar-refractivity contribution in [3.63, 3.8) is 0 Å². The van der Waals surface area contributed by atoms with Crippen LogP contribution in [0.1, 0.15) is 54.6 Å². The average molecular weight is 293 g/mol. The molecule has 0 unspecified atom stereocenters. The molecule has 2 aromatic rings. The van der Waals surface area contributed by atoms with Crippen molar-refractivity contribution in [3.8, 4) is 0 Å². The first-order valence-electron chi connectivity index (χ1n) is 5.98. The number of Topliss-reactive ketones (excluding diaryl/α,β-unsaturated/α-hetero) is 1. The van der Waals surface area contributed by atoms with Gasteiger partial charge in [-0.1, -0.05) is 20.8 Å². The molecule has 2 rings (SSSR count). The molecule has 7 nitrogen and oxygen atoms in total. The number of H-pyrrole nitrogens is 1. The molecule has 0 spiro atoms. The quantitative estimate of drug-likeness (QED) is 0.843. The first kappa shape index (κ1) is 14.3. The maximum Gasteiger partial charge on any atom is 0.297 e. The first-order valence-corrected chi connectivity index (χ1v) is 6.86. The van der Waals surface area contributed by atoms with Crippen molar-refractivity contribution in [2.45, 2.75) is 33.1 Å². The van der Waals surface area contributed by atoms with Gasteiger partial charge in [-0.2, -0.15) is 0 Å². The Morgan fingerprint density at radius 2 is 2.00 bits per heavy atom. The smallest absolute Gasteiger partial charge is 0.295 e. The van der Waals surface area contributed by atoms with E-state index in [2.05, 4.69) is 25.5 Å². The zero-order chi connectivity index (χ0) is 14.9. The molecule has 2 heterocycles. The Morgan fingerprint density at radius 3 is 2.50 bits per heavy atom. The van der Waals surface area contributed by atoms with Gasteiger partial charge < -0.3 is 0 Å². The van der Waals surface area contributed by atoms with Crippen LogP contribution in [0.4, 0.5) is 5.13 Å². The fourth-order valence-corrected chi connectivity index (χ4v) is 2.09. The molecule has 106 valence electrons. The Morgan fingerprint density at radius 1 is 1.30 bits per heavy atom. The zero-order valence-corrected chi connectivity index (χ0v) is 12.5. The van der Waals surface area contributed by atoms with Crippen LogP contribution in [0.3, 0.4) is 0 Å². The van der Waals surface area contributed by atoms with E-state index in [-0.39, 0.29) is 17.0 Å². The highest BCUT2D eigenvalue weighted by Crippen LogP contribution is 2.19. The lowest BCUT2D eigenvalue weighted by Crippen LogP contribution is -2.16. The van der Waals surface area contributed by atoms with Crippen molar-refractivity contribution < 1.29 is 9.59 Å². The van der Waals surface area contributed by atoms with Crippen LogP contribution in [0.2, 0.25) is 0 Å². The number of hydrogen-bond donors (Lipinski definition) is 2. The third-order valence-electron chi connectivity index (χ3n) is 2.48. The number of carbonyl (C=O) groups is 2. The van der Waals surface area contributed by atoms with E-state index in [9.17, 15) is 9.59 Å². The second-order valence-corrected chi connectivity index (χ2v) is 6.16. The van der Waals surface area contributed by atoms with Gasteiger partial charge in [-0.25, -0.2) is 9.97 Å². The van der Waals surface area contributed by atoms with Gasteiger partial charge in [0.2, 0.25) is 5.82 Å². The van der Waals surface area contributed by atoms with Crippen LogP contribution in [0.15, 0.2) is 5.38 Å². The Balaban J connectivity index is 2.11. The third kappa shape index (κ3) is 3.08. The molecule has 0 aliphatic rings. The van der Waals surface area contributed by atoms with Crippen molar-refractivity contribution in [2.24, 2.45) is 0 Å². The minimum atomic E-state index is -0.457. The average Bonchev–Trinajstić information content (AvgIpc) is 2.95. The summed E-state index contributed by atoms with van der Waals surface area (Å²) >= 11 is 1.18. The van der Waals surface area contributed by atoms with Crippen LogP contribution >= 0.6 is 11.3 Å². The van der Waals surface area contributed by atoms with Crippen LogP contribution < -0.4 is 5.32 Å². The summed E-state index contributed by atoms with van der Waals surface area (Å²) < 4.78 is 0. The summed E-state index contributed by atoms with van der Waals surface area (Å²) in [7, 11) is 0. The lowest BCUT2D eigenvalue weighted by atomic mass is 9.96. The molecule has 0 saturated heterocycles. The number of carbonyl (C=O) groups excluding carboxylic acids is 2. The molecule has 0 aliphatic heterocycles. The van der Waals surface area contributed by atoms with E-state index in [1.165, 1.54) is 18.3 Å². The van der Waals surface area contributed by atoms with Gasteiger partial charge in [-0.05, 0) is 0 Å². The molecule has 2 N–H and O–H groups in total. The number of aromatic amines is 1. The number of aromatic nitrogens is 4. The van der Waals surface area contributed by atoms with E-state index in [0.717, 1.165) is 0 Å². The molecule has 0 fully saturated rings. The van der Waals surface area contributed by atoms with Gasteiger partial charge in [-0.15, -0.1) is 16.4 Å². The SMILES string of the molecule is CC(=O)c1csc(NC(=O)c2n[nH]c(C(C)(C)C)n2)n1. The Bertz CT molecular complexity index is 653. The van der Waals surface area contributed by atoms with Crippen LogP contribution in [0.5, 0.6) is 0 Å². The van der Waals surface area contributed by atoms with Crippen LogP contribution in [-0.4, -0.2) is 31.9 Å². The molecule has 8 heteroatoms. The second kappa shape index (κ2) is 5.12. The van der Waals surface area contributed by atoms with Crippen molar-refractivity contribution in [1.82, 2.24) is 20.2 Å². The van der Waals surface area contributed by atoms with Crippen LogP contribution in [0, 0.1) is 0 Å². The summed E-state index contributed by atoms with van der Waals surface area (Å²) in [5.74, 6) is 0.0802. The fourth-order valence-electron chi connectivity index (χ4n) is 1.34. The highest BCUT2D eigenvalue weighted by Gasteiger charge is 2.21. The van der Waals surface area contributed by atoms with E-state index < -0.39 is 5.91 Å². The molecule has 0 radical (unpaired) electrons. The highest BCUT2D eigenvalue weighted by atomic mass is 32.1. The van der Waals surface area contributed by atoms with Crippen molar-refractivity contribution >= 4 is 28.2 Å². The Hall–Kier alpha value is -2.09. The topological polar surface area (TPSA) is 101 Å². The summed E-state index contributed by atoms with van der Waals surface area (Å²) in [5.41, 5.74) is 0.116. The molecular weight excluding hydrogens is 278 g/mol. The van der Waals surface area contributed by atoms with Crippen molar-refractivity contribution in [3.05, 3.63) is 22.7 Å².